The van der Waals surface area contributed by atoms with Gasteiger partial charge in [-0.25, -0.2) is 0 Å². The van der Waals surface area contributed by atoms with Crippen LogP contribution < -0.4 is 4.74 Å². The van der Waals surface area contributed by atoms with Gasteiger partial charge in [-0.3, -0.25) is 9.69 Å². The third kappa shape index (κ3) is 3.98. The van der Waals surface area contributed by atoms with E-state index in [1.807, 2.05) is 18.2 Å². The number of carbonyl (C=O) groups is 1. The number of amides is 1. The van der Waals surface area contributed by atoms with Crippen LogP contribution in [0.1, 0.15) is 24.8 Å². The molecular formula is C20H28N2O2S. The summed E-state index contributed by atoms with van der Waals surface area (Å²) in [6.07, 6.45) is 4.27. The fraction of sp³-hybridized carbons (Fsp3) is 0.650. The fourth-order valence-electron chi connectivity index (χ4n) is 4.32. The summed E-state index contributed by atoms with van der Waals surface area (Å²) < 4.78 is 5.83. The first-order chi connectivity index (χ1) is 12.3. The van der Waals surface area contributed by atoms with E-state index < -0.39 is 0 Å². The van der Waals surface area contributed by atoms with Crippen LogP contribution in [0.15, 0.2) is 24.3 Å². The molecule has 4 rings (SSSR count). The summed E-state index contributed by atoms with van der Waals surface area (Å²) in [5.74, 6) is 3.95. The van der Waals surface area contributed by atoms with Gasteiger partial charge in [0.25, 0.3) is 0 Å². The molecule has 1 unspecified atom stereocenters. The van der Waals surface area contributed by atoms with E-state index >= 15 is 0 Å². The standard InChI is InChI=1S/C20H28N2O2S/c23-20(17-5-12-24-19-4-2-1-3-16(19)15-17)22-10-8-21(9-11-22)18-6-13-25-14-7-18/h1-4,17-18H,5-15H2. The van der Waals surface area contributed by atoms with Crippen LogP contribution in [0.3, 0.4) is 0 Å². The molecule has 136 valence electrons. The molecule has 0 spiro atoms. The van der Waals surface area contributed by atoms with E-state index in [1.165, 1.54) is 29.9 Å². The summed E-state index contributed by atoms with van der Waals surface area (Å²) >= 11 is 2.08. The molecule has 2 saturated heterocycles. The minimum absolute atomic E-state index is 0.0706. The zero-order chi connectivity index (χ0) is 17.1. The van der Waals surface area contributed by atoms with Gasteiger partial charge in [0.05, 0.1) is 6.61 Å². The highest BCUT2D eigenvalue weighted by atomic mass is 32.2. The van der Waals surface area contributed by atoms with Crippen molar-refractivity contribution in [1.29, 1.82) is 0 Å². The Morgan fingerprint density at radius 2 is 1.80 bits per heavy atom. The van der Waals surface area contributed by atoms with Crippen molar-refractivity contribution >= 4 is 17.7 Å². The van der Waals surface area contributed by atoms with Gasteiger partial charge in [0, 0.05) is 38.1 Å². The minimum Gasteiger partial charge on any atom is -0.493 e. The molecule has 0 aliphatic carbocycles. The number of hydrogen-bond donors (Lipinski definition) is 0. The molecule has 2 fully saturated rings. The lowest BCUT2D eigenvalue weighted by Crippen LogP contribution is -2.53. The van der Waals surface area contributed by atoms with E-state index in [1.54, 1.807) is 0 Å². The number of piperazine rings is 1. The first-order valence-electron chi connectivity index (χ1n) is 9.62. The maximum Gasteiger partial charge on any atom is 0.226 e. The van der Waals surface area contributed by atoms with Gasteiger partial charge in [0.2, 0.25) is 5.91 Å². The molecule has 1 aromatic rings. The number of hydrogen-bond acceptors (Lipinski definition) is 4. The molecule has 1 amide bonds. The van der Waals surface area contributed by atoms with Crippen molar-refractivity contribution in [2.75, 3.05) is 44.3 Å². The van der Waals surface area contributed by atoms with E-state index in [9.17, 15) is 4.79 Å². The monoisotopic (exact) mass is 360 g/mol. The largest absolute Gasteiger partial charge is 0.493 e. The van der Waals surface area contributed by atoms with Gasteiger partial charge in [0.15, 0.2) is 0 Å². The Labute approximate surface area is 154 Å². The van der Waals surface area contributed by atoms with Gasteiger partial charge < -0.3 is 9.64 Å². The molecule has 3 aliphatic heterocycles. The number of ether oxygens (including phenoxy) is 1. The molecule has 0 saturated carbocycles. The number of thioether (sulfide) groups is 1. The molecule has 0 bridgehead atoms. The molecule has 0 radical (unpaired) electrons. The Balaban J connectivity index is 1.34. The number of fused-ring (bicyclic) bond motifs is 1. The second-order valence-corrected chi connectivity index (χ2v) is 8.58. The van der Waals surface area contributed by atoms with Crippen LogP contribution in [0.4, 0.5) is 0 Å². The van der Waals surface area contributed by atoms with Crippen molar-refractivity contribution in [3.05, 3.63) is 29.8 Å². The van der Waals surface area contributed by atoms with E-state index in [0.717, 1.165) is 50.8 Å². The number of nitrogens with zero attached hydrogens (tertiary/aromatic N) is 2. The maximum absolute atomic E-state index is 13.0. The van der Waals surface area contributed by atoms with Gasteiger partial charge in [0.1, 0.15) is 5.75 Å². The molecular weight excluding hydrogens is 332 g/mol. The second kappa shape index (κ2) is 8.00. The van der Waals surface area contributed by atoms with Crippen molar-refractivity contribution < 1.29 is 9.53 Å². The highest BCUT2D eigenvalue weighted by molar-refractivity contribution is 7.99. The molecule has 0 N–H and O–H groups in total. The van der Waals surface area contributed by atoms with Crippen LogP contribution in [-0.4, -0.2) is 66.0 Å². The molecule has 1 aromatic carbocycles. The molecule has 3 heterocycles. The average molecular weight is 361 g/mol. The molecule has 5 heteroatoms. The van der Waals surface area contributed by atoms with Gasteiger partial charge in [-0.15, -0.1) is 0 Å². The van der Waals surface area contributed by atoms with Crippen LogP contribution in [0.5, 0.6) is 5.75 Å². The lowest BCUT2D eigenvalue weighted by molar-refractivity contribution is -0.138. The Hall–Kier alpha value is -1.20. The quantitative estimate of drug-likeness (QED) is 0.812. The Bertz CT molecular complexity index is 595. The van der Waals surface area contributed by atoms with E-state index in [-0.39, 0.29) is 5.92 Å². The molecule has 1 atom stereocenters. The predicted octanol–water partition coefficient (Wildman–Crippen LogP) is 2.67. The number of para-hydroxylation sites is 1. The summed E-state index contributed by atoms with van der Waals surface area (Å²) in [6, 6.07) is 8.90. The van der Waals surface area contributed by atoms with Crippen molar-refractivity contribution in [3.8, 4) is 5.75 Å². The average Bonchev–Trinajstić information content (AvgIpc) is 2.91. The zero-order valence-corrected chi connectivity index (χ0v) is 15.7. The predicted molar refractivity (Wildman–Crippen MR) is 102 cm³/mol. The van der Waals surface area contributed by atoms with Crippen molar-refractivity contribution in [1.82, 2.24) is 9.80 Å². The highest BCUT2D eigenvalue weighted by Gasteiger charge is 2.31. The summed E-state index contributed by atoms with van der Waals surface area (Å²) in [6.45, 7) is 4.51. The lowest BCUT2D eigenvalue weighted by atomic mass is 9.95. The summed E-state index contributed by atoms with van der Waals surface area (Å²) in [5.41, 5.74) is 1.18. The van der Waals surface area contributed by atoms with Crippen LogP contribution in [0.2, 0.25) is 0 Å². The summed E-state index contributed by atoms with van der Waals surface area (Å²) in [5, 5.41) is 0. The number of carbonyl (C=O) groups excluding carboxylic acids is 1. The smallest absolute Gasteiger partial charge is 0.226 e. The Morgan fingerprint density at radius 1 is 1.04 bits per heavy atom. The molecule has 4 nitrogen and oxygen atoms in total. The van der Waals surface area contributed by atoms with E-state index in [4.69, 9.17) is 4.74 Å². The van der Waals surface area contributed by atoms with Crippen LogP contribution in [0, 0.1) is 5.92 Å². The van der Waals surface area contributed by atoms with Gasteiger partial charge >= 0.3 is 0 Å². The summed E-state index contributed by atoms with van der Waals surface area (Å²) in [7, 11) is 0. The fourth-order valence-corrected chi connectivity index (χ4v) is 5.40. The van der Waals surface area contributed by atoms with Gasteiger partial charge in [-0.1, -0.05) is 18.2 Å². The van der Waals surface area contributed by atoms with Crippen molar-refractivity contribution in [2.24, 2.45) is 5.92 Å². The molecule has 25 heavy (non-hydrogen) atoms. The third-order valence-electron chi connectivity index (χ3n) is 5.85. The van der Waals surface area contributed by atoms with Gasteiger partial charge in [-0.05, 0) is 48.8 Å². The zero-order valence-electron chi connectivity index (χ0n) is 14.9. The van der Waals surface area contributed by atoms with Crippen LogP contribution in [0.25, 0.3) is 0 Å². The molecule has 0 aromatic heterocycles. The van der Waals surface area contributed by atoms with Crippen LogP contribution in [-0.2, 0) is 11.2 Å². The number of rotatable bonds is 2. The SMILES string of the molecule is O=C(C1CCOc2ccccc2C1)N1CCN(C2CCSCC2)CC1. The third-order valence-corrected chi connectivity index (χ3v) is 6.89. The number of benzene rings is 1. The molecule has 3 aliphatic rings. The Morgan fingerprint density at radius 3 is 2.60 bits per heavy atom. The van der Waals surface area contributed by atoms with Gasteiger partial charge in [-0.2, -0.15) is 11.8 Å². The Kier molecular flexibility index (Phi) is 5.51. The first kappa shape index (κ1) is 17.2. The van der Waals surface area contributed by atoms with Crippen molar-refractivity contribution in [2.45, 2.75) is 31.7 Å². The van der Waals surface area contributed by atoms with E-state index in [0.29, 0.717) is 12.5 Å². The van der Waals surface area contributed by atoms with Crippen molar-refractivity contribution in [3.63, 3.8) is 0 Å². The van der Waals surface area contributed by atoms with Crippen LogP contribution >= 0.6 is 11.8 Å². The van der Waals surface area contributed by atoms with E-state index in [2.05, 4.69) is 27.6 Å². The first-order valence-corrected chi connectivity index (χ1v) is 10.8. The second-order valence-electron chi connectivity index (χ2n) is 7.35. The summed E-state index contributed by atoms with van der Waals surface area (Å²) in [4.78, 5) is 17.8. The maximum atomic E-state index is 13.0. The minimum atomic E-state index is 0.0706. The topological polar surface area (TPSA) is 32.8 Å². The highest BCUT2D eigenvalue weighted by Crippen LogP contribution is 2.28. The normalized spacial score (nSPS) is 25.8. The lowest BCUT2D eigenvalue weighted by Gasteiger charge is -2.41.